The van der Waals surface area contributed by atoms with Gasteiger partial charge in [-0.15, -0.1) is 0 Å². The van der Waals surface area contributed by atoms with Crippen LogP contribution in [-0.2, 0) is 4.79 Å². The highest BCUT2D eigenvalue weighted by Crippen LogP contribution is 2.33. The van der Waals surface area contributed by atoms with Gasteiger partial charge in [0.2, 0.25) is 0 Å². The fraction of sp³-hybridized carbons (Fsp3) is 0.929. The van der Waals surface area contributed by atoms with E-state index in [1.807, 2.05) is 25.6 Å². The molecular weight excluding hydrogens is 246 g/mol. The highest BCUT2D eigenvalue weighted by atomic mass is 32.2. The molecule has 0 amide bonds. The minimum Gasteiger partial charge on any atom is -0.480 e. The predicted octanol–water partition coefficient (Wildman–Crippen LogP) is 3.14. The van der Waals surface area contributed by atoms with Crippen LogP contribution in [0.15, 0.2) is 0 Å². The summed E-state index contributed by atoms with van der Waals surface area (Å²) in [5.41, 5.74) is -0.806. The number of carboxylic acids is 1. The quantitative estimate of drug-likeness (QED) is 0.780. The van der Waals surface area contributed by atoms with Gasteiger partial charge in [0, 0.05) is 17.0 Å². The summed E-state index contributed by atoms with van der Waals surface area (Å²) in [5, 5.41) is 13.2. The molecule has 18 heavy (non-hydrogen) atoms. The second kappa shape index (κ2) is 6.80. The second-order valence-electron chi connectivity index (χ2n) is 6.14. The van der Waals surface area contributed by atoms with Crippen LogP contribution >= 0.6 is 11.8 Å². The van der Waals surface area contributed by atoms with Crippen LogP contribution < -0.4 is 5.32 Å². The van der Waals surface area contributed by atoms with Crippen LogP contribution in [0.2, 0.25) is 0 Å². The van der Waals surface area contributed by atoms with E-state index in [1.54, 1.807) is 6.92 Å². The van der Waals surface area contributed by atoms with E-state index >= 15 is 0 Å². The number of carboxylic acid groups (broad SMARTS) is 1. The van der Waals surface area contributed by atoms with Crippen LogP contribution in [-0.4, -0.2) is 33.7 Å². The highest BCUT2D eigenvalue weighted by Gasteiger charge is 2.34. The van der Waals surface area contributed by atoms with E-state index in [9.17, 15) is 9.90 Å². The summed E-state index contributed by atoms with van der Waals surface area (Å²) in [6, 6.07) is 0.192. The van der Waals surface area contributed by atoms with Gasteiger partial charge in [0.25, 0.3) is 0 Å². The minimum absolute atomic E-state index is 0.192. The number of thioether (sulfide) groups is 1. The zero-order valence-electron chi connectivity index (χ0n) is 12.0. The summed E-state index contributed by atoms with van der Waals surface area (Å²) in [6.07, 6.45) is 5.10. The molecule has 0 spiro atoms. The van der Waals surface area contributed by atoms with Gasteiger partial charge in [0.1, 0.15) is 5.54 Å². The van der Waals surface area contributed by atoms with E-state index in [4.69, 9.17) is 0 Å². The van der Waals surface area contributed by atoms with E-state index < -0.39 is 11.5 Å². The van der Waals surface area contributed by atoms with Crippen LogP contribution in [0.3, 0.4) is 0 Å². The molecule has 1 fully saturated rings. The SMILES string of the molecule is CC1CCCC(SCC(C)(NC(C)C)C(=O)O)C1. The van der Waals surface area contributed by atoms with Crippen molar-refractivity contribution in [2.75, 3.05) is 5.75 Å². The maximum Gasteiger partial charge on any atom is 0.324 e. The first-order valence-corrected chi connectivity index (χ1v) is 8.01. The zero-order valence-corrected chi connectivity index (χ0v) is 12.8. The van der Waals surface area contributed by atoms with E-state index in [0.717, 1.165) is 5.92 Å². The van der Waals surface area contributed by atoms with Gasteiger partial charge in [0.05, 0.1) is 0 Å². The third kappa shape index (κ3) is 4.81. The van der Waals surface area contributed by atoms with E-state index in [-0.39, 0.29) is 6.04 Å². The van der Waals surface area contributed by atoms with E-state index in [0.29, 0.717) is 11.0 Å². The van der Waals surface area contributed by atoms with Crippen molar-refractivity contribution in [3.8, 4) is 0 Å². The average Bonchev–Trinajstić information content (AvgIpc) is 2.25. The Morgan fingerprint density at radius 1 is 1.50 bits per heavy atom. The largest absolute Gasteiger partial charge is 0.480 e. The predicted molar refractivity (Wildman–Crippen MR) is 78.2 cm³/mol. The normalized spacial score (nSPS) is 28.1. The molecule has 0 heterocycles. The number of carbonyl (C=O) groups is 1. The van der Waals surface area contributed by atoms with Gasteiger partial charge in [-0.2, -0.15) is 11.8 Å². The first kappa shape index (κ1) is 15.8. The first-order chi connectivity index (χ1) is 8.33. The molecule has 0 radical (unpaired) electrons. The molecule has 1 rings (SSSR count). The molecule has 4 heteroatoms. The van der Waals surface area contributed by atoms with Crippen LogP contribution in [0.25, 0.3) is 0 Å². The Kier molecular flexibility index (Phi) is 5.99. The maximum absolute atomic E-state index is 11.4. The Morgan fingerprint density at radius 3 is 2.67 bits per heavy atom. The standard InChI is InChI=1S/C14H27NO2S/c1-10(2)15-14(4,13(16)17)9-18-12-7-5-6-11(3)8-12/h10-12,15H,5-9H2,1-4H3,(H,16,17). The van der Waals surface area contributed by atoms with Gasteiger partial charge in [-0.1, -0.05) is 19.8 Å². The lowest BCUT2D eigenvalue weighted by atomic mass is 9.91. The van der Waals surface area contributed by atoms with Gasteiger partial charge in [0.15, 0.2) is 0 Å². The molecule has 0 aromatic heterocycles. The Labute approximate surface area is 115 Å². The summed E-state index contributed by atoms with van der Waals surface area (Å²) in [7, 11) is 0. The number of hydrogen-bond acceptors (Lipinski definition) is 3. The van der Waals surface area contributed by atoms with Crippen molar-refractivity contribution >= 4 is 17.7 Å². The van der Waals surface area contributed by atoms with Crippen molar-refractivity contribution in [1.82, 2.24) is 5.32 Å². The fourth-order valence-corrected chi connectivity index (χ4v) is 4.19. The van der Waals surface area contributed by atoms with Crippen molar-refractivity contribution in [3.05, 3.63) is 0 Å². The lowest BCUT2D eigenvalue weighted by Crippen LogP contribution is -2.54. The summed E-state index contributed by atoms with van der Waals surface area (Å²) < 4.78 is 0. The van der Waals surface area contributed by atoms with Gasteiger partial charge in [-0.25, -0.2) is 0 Å². The molecule has 106 valence electrons. The first-order valence-electron chi connectivity index (χ1n) is 6.96. The molecule has 3 atom stereocenters. The Balaban J connectivity index is 2.49. The molecule has 0 aliphatic heterocycles. The van der Waals surface area contributed by atoms with Crippen LogP contribution in [0.1, 0.15) is 53.4 Å². The molecule has 1 saturated carbocycles. The van der Waals surface area contributed by atoms with Crippen LogP contribution in [0.4, 0.5) is 0 Å². The zero-order chi connectivity index (χ0) is 13.8. The topological polar surface area (TPSA) is 49.3 Å². The van der Waals surface area contributed by atoms with E-state index in [1.165, 1.54) is 25.7 Å². The third-order valence-corrected chi connectivity index (χ3v) is 5.22. The summed E-state index contributed by atoms with van der Waals surface area (Å²) >= 11 is 1.84. The van der Waals surface area contributed by atoms with Crippen LogP contribution in [0, 0.1) is 5.92 Å². The van der Waals surface area contributed by atoms with Crippen molar-refractivity contribution in [3.63, 3.8) is 0 Å². The molecule has 1 aliphatic rings. The van der Waals surface area contributed by atoms with Crippen LogP contribution in [0.5, 0.6) is 0 Å². The Hall–Kier alpha value is -0.220. The van der Waals surface area contributed by atoms with Gasteiger partial charge < -0.3 is 5.11 Å². The second-order valence-corrected chi connectivity index (χ2v) is 7.43. The molecule has 1 aliphatic carbocycles. The number of nitrogens with one attached hydrogen (secondary N) is 1. The van der Waals surface area contributed by atoms with Gasteiger partial charge >= 0.3 is 5.97 Å². The lowest BCUT2D eigenvalue weighted by molar-refractivity contribution is -0.143. The molecule has 0 aromatic carbocycles. The minimum atomic E-state index is -0.806. The smallest absolute Gasteiger partial charge is 0.324 e. The third-order valence-electron chi connectivity index (χ3n) is 3.58. The van der Waals surface area contributed by atoms with Crippen molar-refractivity contribution < 1.29 is 9.90 Å². The Bertz CT molecular complexity index is 283. The fourth-order valence-electron chi connectivity index (χ4n) is 2.62. The van der Waals surface area contributed by atoms with Crippen molar-refractivity contribution in [1.29, 1.82) is 0 Å². The van der Waals surface area contributed by atoms with Crippen molar-refractivity contribution in [2.45, 2.75) is 70.2 Å². The van der Waals surface area contributed by atoms with Gasteiger partial charge in [-0.3, -0.25) is 10.1 Å². The molecule has 3 unspecified atom stereocenters. The lowest BCUT2D eigenvalue weighted by Gasteiger charge is -2.32. The number of aliphatic carboxylic acids is 1. The Morgan fingerprint density at radius 2 is 2.17 bits per heavy atom. The maximum atomic E-state index is 11.4. The molecular formula is C14H27NO2S. The van der Waals surface area contributed by atoms with Gasteiger partial charge in [-0.05, 0) is 39.5 Å². The molecule has 0 bridgehead atoms. The summed E-state index contributed by atoms with van der Waals surface area (Å²) in [5.74, 6) is 0.704. The molecule has 3 nitrogen and oxygen atoms in total. The highest BCUT2D eigenvalue weighted by molar-refractivity contribution is 8.00. The molecule has 0 aromatic rings. The average molecular weight is 273 g/mol. The summed E-state index contributed by atoms with van der Waals surface area (Å²) in [4.78, 5) is 11.4. The number of hydrogen-bond donors (Lipinski definition) is 2. The number of rotatable bonds is 6. The van der Waals surface area contributed by atoms with Crippen molar-refractivity contribution in [2.24, 2.45) is 5.92 Å². The molecule has 2 N–H and O–H groups in total. The molecule has 0 saturated heterocycles. The van der Waals surface area contributed by atoms with E-state index in [2.05, 4.69) is 12.2 Å². The monoisotopic (exact) mass is 273 g/mol. The summed E-state index contributed by atoms with van der Waals surface area (Å²) in [6.45, 7) is 8.09.